The van der Waals surface area contributed by atoms with Crippen LogP contribution in [0.4, 0.5) is 0 Å². The molecule has 2 rings (SSSR count). The van der Waals surface area contributed by atoms with Gasteiger partial charge in [0.15, 0.2) is 0 Å². The Balaban J connectivity index is 2.33. The fraction of sp³-hybridized carbons (Fsp3) is 0.769. The molecule has 0 heterocycles. The molecule has 90 valence electrons. The lowest BCUT2D eigenvalue weighted by atomic mass is 9.70. The molecule has 0 saturated heterocycles. The smallest absolute Gasteiger partial charge is 0.307 e. The molecule has 0 aliphatic heterocycles. The van der Waals surface area contributed by atoms with E-state index in [-0.39, 0.29) is 17.3 Å². The molecular formula is C13H20O3. The zero-order valence-corrected chi connectivity index (χ0v) is 10.2. The van der Waals surface area contributed by atoms with Crippen LogP contribution in [0.5, 0.6) is 0 Å². The van der Waals surface area contributed by atoms with Crippen molar-refractivity contribution in [3.05, 3.63) is 11.6 Å². The summed E-state index contributed by atoms with van der Waals surface area (Å²) < 4.78 is 0. The molecule has 0 aromatic heterocycles. The number of aliphatic hydroxyl groups is 1. The van der Waals surface area contributed by atoms with Crippen molar-refractivity contribution >= 4 is 5.97 Å². The normalized spacial score (nSPS) is 42.9. The topological polar surface area (TPSA) is 57.5 Å². The summed E-state index contributed by atoms with van der Waals surface area (Å²) in [4.78, 5) is 10.6. The van der Waals surface area contributed by atoms with Gasteiger partial charge in [-0.2, -0.15) is 0 Å². The molecule has 3 nitrogen and oxygen atoms in total. The SMILES string of the molecule is CC1(C)[C@@H]2CC[C@]1(C)[C@H](O)C2=CCC(=O)O. The van der Waals surface area contributed by atoms with Crippen molar-refractivity contribution in [2.24, 2.45) is 16.7 Å². The second kappa shape index (κ2) is 3.33. The van der Waals surface area contributed by atoms with E-state index in [2.05, 4.69) is 20.8 Å². The Morgan fingerprint density at radius 2 is 2.12 bits per heavy atom. The lowest BCUT2D eigenvalue weighted by Crippen LogP contribution is -2.35. The third kappa shape index (κ3) is 1.27. The molecule has 2 aliphatic rings. The summed E-state index contributed by atoms with van der Waals surface area (Å²) >= 11 is 0. The average molecular weight is 224 g/mol. The van der Waals surface area contributed by atoms with E-state index >= 15 is 0 Å². The predicted molar refractivity (Wildman–Crippen MR) is 61.0 cm³/mol. The second-order valence-corrected chi connectivity index (χ2v) is 5.93. The first-order chi connectivity index (χ1) is 7.30. The third-order valence-corrected chi connectivity index (χ3v) is 5.13. The molecule has 2 aliphatic carbocycles. The zero-order chi connectivity index (χ0) is 12.1. The van der Waals surface area contributed by atoms with Gasteiger partial charge in [0.2, 0.25) is 0 Å². The number of hydrogen-bond acceptors (Lipinski definition) is 2. The summed E-state index contributed by atoms with van der Waals surface area (Å²) in [7, 11) is 0. The molecule has 2 saturated carbocycles. The maximum atomic E-state index is 10.6. The van der Waals surface area contributed by atoms with Crippen LogP contribution >= 0.6 is 0 Å². The number of carboxylic acids is 1. The van der Waals surface area contributed by atoms with Gasteiger partial charge < -0.3 is 10.2 Å². The van der Waals surface area contributed by atoms with E-state index in [9.17, 15) is 9.90 Å². The van der Waals surface area contributed by atoms with E-state index in [0.717, 1.165) is 18.4 Å². The molecule has 0 radical (unpaired) electrons. The lowest BCUT2D eigenvalue weighted by Gasteiger charge is -2.36. The van der Waals surface area contributed by atoms with Crippen molar-refractivity contribution in [2.75, 3.05) is 0 Å². The van der Waals surface area contributed by atoms with Gasteiger partial charge in [-0.25, -0.2) is 0 Å². The van der Waals surface area contributed by atoms with Crippen molar-refractivity contribution in [1.29, 1.82) is 0 Å². The molecule has 2 bridgehead atoms. The first kappa shape index (κ1) is 11.6. The van der Waals surface area contributed by atoms with Gasteiger partial charge >= 0.3 is 5.97 Å². The quantitative estimate of drug-likeness (QED) is 0.707. The van der Waals surface area contributed by atoms with E-state index in [1.807, 2.05) is 0 Å². The minimum atomic E-state index is -0.828. The summed E-state index contributed by atoms with van der Waals surface area (Å²) in [5.41, 5.74) is 0.958. The van der Waals surface area contributed by atoms with E-state index in [1.54, 1.807) is 6.08 Å². The molecule has 0 amide bonds. The van der Waals surface area contributed by atoms with Crippen LogP contribution in [0, 0.1) is 16.7 Å². The van der Waals surface area contributed by atoms with Crippen molar-refractivity contribution in [3.63, 3.8) is 0 Å². The van der Waals surface area contributed by atoms with Crippen LogP contribution < -0.4 is 0 Å². The molecule has 2 N–H and O–H groups in total. The van der Waals surface area contributed by atoms with Gasteiger partial charge in [0.05, 0.1) is 12.5 Å². The maximum Gasteiger partial charge on any atom is 0.307 e. The molecule has 16 heavy (non-hydrogen) atoms. The number of hydrogen-bond donors (Lipinski definition) is 2. The van der Waals surface area contributed by atoms with E-state index in [1.165, 1.54) is 0 Å². The highest BCUT2D eigenvalue weighted by Crippen LogP contribution is 2.67. The monoisotopic (exact) mass is 224 g/mol. The minimum Gasteiger partial charge on any atom is -0.481 e. The minimum absolute atomic E-state index is 0.0229. The fourth-order valence-corrected chi connectivity index (χ4v) is 3.62. The summed E-state index contributed by atoms with van der Waals surface area (Å²) in [6.45, 7) is 6.50. The number of aliphatic carboxylic acids is 1. The van der Waals surface area contributed by atoms with E-state index < -0.39 is 12.1 Å². The Bertz CT molecular complexity index is 356. The van der Waals surface area contributed by atoms with Gasteiger partial charge in [0, 0.05) is 5.41 Å². The third-order valence-electron chi connectivity index (χ3n) is 5.13. The number of fused-ring (bicyclic) bond motifs is 2. The van der Waals surface area contributed by atoms with E-state index in [0.29, 0.717) is 5.92 Å². The Morgan fingerprint density at radius 3 is 2.56 bits per heavy atom. The molecule has 3 atom stereocenters. The second-order valence-electron chi connectivity index (χ2n) is 5.93. The number of carboxylic acid groups (broad SMARTS) is 1. The van der Waals surface area contributed by atoms with Crippen LogP contribution in [0.25, 0.3) is 0 Å². The van der Waals surface area contributed by atoms with Crippen molar-refractivity contribution in [1.82, 2.24) is 0 Å². The van der Waals surface area contributed by atoms with Crippen molar-refractivity contribution in [2.45, 2.75) is 46.1 Å². The molecule has 0 spiro atoms. The van der Waals surface area contributed by atoms with Crippen LogP contribution in [-0.2, 0) is 4.79 Å². The van der Waals surface area contributed by atoms with Crippen LogP contribution in [0.1, 0.15) is 40.0 Å². The van der Waals surface area contributed by atoms with Crippen LogP contribution in [0.2, 0.25) is 0 Å². The summed E-state index contributed by atoms with van der Waals surface area (Å²) in [6, 6.07) is 0. The van der Waals surface area contributed by atoms with Gasteiger partial charge in [-0.15, -0.1) is 0 Å². The Morgan fingerprint density at radius 1 is 1.50 bits per heavy atom. The highest BCUT2D eigenvalue weighted by atomic mass is 16.4. The standard InChI is InChI=1S/C13H20O3/c1-12(2)9-6-7-13(12,3)11(16)8(9)4-5-10(14)15/h4,9,11,16H,5-7H2,1-3H3,(H,14,15)/t9-,11-,13-/m1/s1. The van der Waals surface area contributed by atoms with E-state index in [4.69, 9.17) is 5.11 Å². The summed E-state index contributed by atoms with van der Waals surface area (Å²) in [6.07, 6.45) is 3.40. The van der Waals surface area contributed by atoms with Crippen molar-refractivity contribution < 1.29 is 15.0 Å². The summed E-state index contributed by atoms with van der Waals surface area (Å²) in [5, 5.41) is 19.0. The molecule has 0 aromatic carbocycles. The largest absolute Gasteiger partial charge is 0.481 e. The molecule has 3 heteroatoms. The molecule has 2 fully saturated rings. The fourth-order valence-electron chi connectivity index (χ4n) is 3.62. The Labute approximate surface area is 96.2 Å². The van der Waals surface area contributed by atoms with Crippen molar-refractivity contribution in [3.8, 4) is 0 Å². The van der Waals surface area contributed by atoms with Crippen LogP contribution in [-0.4, -0.2) is 22.3 Å². The first-order valence-electron chi connectivity index (χ1n) is 5.90. The predicted octanol–water partition coefficient (Wildman–Crippen LogP) is 2.20. The maximum absolute atomic E-state index is 10.6. The van der Waals surface area contributed by atoms with Gasteiger partial charge in [0.1, 0.15) is 0 Å². The Hall–Kier alpha value is -0.830. The van der Waals surface area contributed by atoms with Gasteiger partial charge in [0.25, 0.3) is 0 Å². The van der Waals surface area contributed by atoms with Gasteiger partial charge in [-0.1, -0.05) is 26.8 Å². The average Bonchev–Trinajstić information content (AvgIpc) is 2.47. The number of aliphatic hydroxyl groups excluding tert-OH is 1. The first-order valence-corrected chi connectivity index (χ1v) is 5.90. The van der Waals surface area contributed by atoms with Crippen LogP contribution in [0.3, 0.4) is 0 Å². The zero-order valence-electron chi connectivity index (χ0n) is 10.2. The van der Waals surface area contributed by atoms with Gasteiger partial charge in [-0.3, -0.25) is 4.79 Å². The number of carbonyl (C=O) groups is 1. The van der Waals surface area contributed by atoms with Crippen LogP contribution in [0.15, 0.2) is 11.6 Å². The molecular weight excluding hydrogens is 204 g/mol. The lowest BCUT2D eigenvalue weighted by molar-refractivity contribution is -0.136. The Kier molecular flexibility index (Phi) is 2.42. The highest BCUT2D eigenvalue weighted by molar-refractivity contribution is 5.69. The summed E-state index contributed by atoms with van der Waals surface area (Å²) in [5.74, 6) is -0.475. The highest BCUT2D eigenvalue weighted by Gasteiger charge is 2.63. The number of rotatable bonds is 2. The van der Waals surface area contributed by atoms with Gasteiger partial charge in [-0.05, 0) is 29.7 Å². The molecule has 0 aromatic rings. The molecule has 0 unspecified atom stereocenters.